The monoisotopic (exact) mass is 304 g/mol. The van der Waals surface area contributed by atoms with Crippen LogP contribution in [0.15, 0.2) is 53.4 Å². The number of hydrogen-bond acceptors (Lipinski definition) is 4. The summed E-state index contributed by atoms with van der Waals surface area (Å²) in [6.45, 7) is 3.41. The molecule has 2 aromatic carbocycles. The van der Waals surface area contributed by atoms with E-state index in [4.69, 9.17) is 9.47 Å². The summed E-state index contributed by atoms with van der Waals surface area (Å²) in [5.74, 6) is 2.80. The van der Waals surface area contributed by atoms with Crippen LogP contribution in [0.1, 0.15) is 13.3 Å². The summed E-state index contributed by atoms with van der Waals surface area (Å²) in [6, 6.07) is 15.0. The van der Waals surface area contributed by atoms with Gasteiger partial charge in [-0.1, -0.05) is 19.1 Å². The molecule has 0 saturated carbocycles. The van der Waals surface area contributed by atoms with E-state index >= 15 is 0 Å². The van der Waals surface area contributed by atoms with Crippen molar-refractivity contribution in [2.75, 3.05) is 19.0 Å². The average molecular weight is 304 g/mol. The normalized spacial score (nSPS) is 10.3. The number of phenols is 1. The number of hydrogen-bond donors (Lipinski definition) is 1. The Kier molecular flexibility index (Phi) is 6.28. The van der Waals surface area contributed by atoms with Gasteiger partial charge in [-0.15, -0.1) is 11.8 Å². The summed E-state index contributed by atoms with van der Waals surface area (Å²) in [5, 5.41) is 9.65. The Morgan fingerprint density at radius 2 is 1.52 bits per heavy atom. The van der Waals surface area contributed by atoms with Crippen molar-refractivity contribution in [1.82, 2.24) is 0 Å². The molecule has 1 N–H and O–H groups in total. The third kappa shape index (κ3) is 5.23. The van der Waals surface area contributed by atoms with Gasteiger partial charge in [0.05, 0.1) is 13.2 Å². The number of thioether (sulfide) groups is 1. The maximum atomic E-state index is 9.65. The lowest BCUT2D eigenvalue weighted by Crippen LogP contribution is -2.00. The molecule has 0 amide bonds. The lowest BCUT2D eigenvalue weighted by Gasteiger charge is -2.08. The smallest absolute Gasteiger partial charge is 0.129 e. The molecule has 2 aromatic rings. The van der Waals surface area contributed by atoms with Gasteiger partial charge in [-0.3, -0.25) is 0 Å². The van der Waals surface area contributed by atoms with Crippen LogP contribution in [0.5, 0.6) is 17.2 Å². The Bertz CT molecular complexity index is 540. The van der Waals surface area contributed by atoms with Gasteiger partial charge in [0.1, 0.15) is 17.2 Å². The van der Waals surface area contributed by atoms with E-state index in [0.29, 0.717) is 12.4 Å². The van der Waals surface area contributed by atoms with Crippen LogP contribution in [0, 0.1) is 0 Å². The molecule has 0 bridgehead atoms. The molecular formula is C17H20O3S. The third-order valence-corrected chi connectivity index (χ3v) is 3.80. The fourth-order valence-electron chi connectivity index (χ4n) is 1.74. The Hall–Kier alpha value is -1.81. The molecule has 21 heavy (non-hydrogen) atoms. The number of para-hydroxylation sites is 1. The van der Waals surface area contributed by atoms with Crippen LogP contribution in [0.2, 0.25) is 0 Å². The van der Waals surface area contributed by atoms with Crippen LogP contribution in [-0.2, 0) is 0 Å². The van der Waals surface area contributed by atoms with E-state index < -0.39 is 0 Å². The highest BCUT2D eigenvalue weighted by Gasteiger charge is 2.01. The Morgan fingerprint density at radius 3 is 2.14 bits per heavy atom. The Balaban J connectivity index is 1.72. The molecule has 0 atom stereocenters. The first-order valence-corrected chi connectivity index (χ1v) is 8.04. The molecule has 2 rings (SSSR count). The Morgan fingerprint density at radius 1 is 0.905 bits per heavy atom. The second-order valence-corrected chi connectivity index (χ2v) is 5.62. The molecule has 4 heteroatoms. The molecule has 0 aromatic heterocycles. The fourth-order valence-corrected chi connectivity index (χ4v) is 2.52. The number of rotatable bonds is 8. The van der Waals surface area contributed by atoms with Gasteiger partial charge in [0.2, 0.25) is 0 Å². The largest absolute Gasteiger partial charge is 0.507 e. The SMILES string of the molecule is CCCOc1ccc(OCCSc2ccccc2O)cc1. The van der Waals surface area contributed by atoms with E-state index in [1.165, 1.54) is 0 Å². The second kappa shape index (κ2) is 8.47. The van der Waals surface area contributed by atoms with E-state index in [0.717, 1.165) is 35.2 Å². The number of ether oxygens (including phenoxy) is 2. The van der Waals surface area contributed by atoms with E-state index in [1.807, 2.05) is 42.5 Å². The molecule has 0 saturated heterocycles. The number of aromatic hydroxyl groups is 1. The van der Waals surface area contributed by atoms with Crippen molar-refractivity contribution < 1.29 is 14.6 Å². The zero-order valence-corrected chi connectivity index (χ0v) is 12.9. The third-order valence-electron chi connectivity index (χ3n) is 2.77. The summed E-state index contributed by atoms with van der Waals surface area (Å²) in [5.41, 5.74) is 0. The van der Waals surface area contributed by atoms with E-state index in [9.17, 15) is 5.11 Å². The van der Waals surface area contributed by atoms with Gasteiger partial charge >= 0.3 is 0 Å². The predicted molar refractivity (Wildman–Crippen MR) is 86.6 cm³/mol. The van der Waals surface area contributed by atoms with Gasteiger partial charge in [0.15, 0.2) is 0 Å². The van der Waals surface area contributed by atoms with Gasteiger partial charge < -0.3 is 14.6 Å². The molecule has 0 aliphatic carbocycles. The van der Waals surface area contributed by atoms with E-state index in [2.05, 4.69) is 6.92 Å². The minimum Gasteiger partial charge on any atom is -0.507 e. The van der Waals surface area contributed by atoms with Gasteiger partial charge in [-0.05, 0) is 42.8 Å². The molecule has 0 heterocycles. The van der Waals surface area contributed by atoms with Crippen molar-refractivity contribution >= 4 is 11.8 Å². The maximum Gasteiger partial charge on any atom is 0.129 e. The van der Waals surface area contributed by atoms with Crippen molar-refractivity contribution in [3.05, 3.63) is 48.5 Å². The van der Waals surface area contributed by atoms with Gasteiger partial charge in [0.25, 0.3) is 0 Å². The summed E-state index contributed by atoms with van der Waals surface area (Å²) in [4.78, 5) is 0.879. The van der Waals surface area contributed by atoms with Gasteiger partial charge in [-0.25, -0.2) is 0 Å². The molecule has 0 fully saturated rings. The lowest BCUT2D eigenvalue weighted by atomic mass is 10.3. The van der Waals surface area contributed by atoms with Crippen molar-refractivity contribution in [3.63, 3.8) is 0 Å². The first kappa shape index (κ1) is 15.6. The average Bonchev–Trinajstić information content (AvgIpc) is 2.52. The van der Waals surface area contributed by atoms with Crippen LogP contribution in [-0.4, -0.2) is 24.1 Å². The molecule has 0 radical (unpaired) electrons. The van der Waals surface area contributed by atoms with Crippen LogP contribution in [0.3, 0.4) is 0 Å². The van der Waals surface area contributed by atoms with Crippen molar-refractivity contribution in [3.8, 4) is 17.2 Å². The predicted octanol–water partition coefficient (Wildman–Crippen LogP) is 4.35. The first-order chi connectivity index (χ1) is 10.3. The minimum atomic E-state index is 0.319. The molecule has 112 valence electrons. The molecule has 0 aliphatic heterocycles. The first-order valence-electron chi connectivity index (χ1n) is 7.06. The van der Waals surface area contributed by atoms with Crippen LogP contribution in [0.25, 0.3) is 0 Å². The topological polar surface area (TPSA) is 38.7 Å². The van der Waals surface area contributed by atoms with Crippen LogP contribution < -0.4 is 9.47 Å². The quantitative estimate of drug-likeness (QED) is 0.581. The van der Waals surface area contributed by atoms with E-state index in [1.54, 1.807) is 17.8 Å². The summed E-state index contributed by atoms with van der Waals surface area (Å²) in [7, 11) is 0. The molecular weight excluding hydrogens is 284 g/mol. The molecule has 0 aliphatic rings. The summed E-state index contributed by atoms with van der Waals surface area (Å²) < 4.78 is 11.2. The van der Waals surface area contributed by atoms with Crippen LogP contribution >= 0.6 is 11.8 Å². The highest BCUT2D eigenvalue weighted by molar-refractivity contribution is 7.99. The highest BCUT2D eigenvalue weighted by atomic mass is 32.2. The summed E-state index contributed by atoms with van der Waals surface area (Å²) in [6.07, 6.45) is 1.00. The standard InChI is InChI=1S/C17H20O3S/c1-2-11-19-14-7-9-15(10-8-14)20-12-13-21-17-6-4-3-5-16(17)18/h3-10,18H,2,11-13H2,1H3. The second-order valence-electron chi connectivity index (χ2n) is 4.48. The molecule has 3 nitrogen and oxygen atoms in total. The molecule has 0 spiro atoms. The van der Waals surface area contributed by atoms with Gasteiger partial charge in [0, 0.05) is 10.6 Å². The fraction of sp³-hybridized carbons (Fsp3) is 0.294. The minimum absolute atomic E-state index is 0.319. The lowest BCUT2D eigenvalue weighted by molar-refractivity contribution is 0.314. The van der Waals surface area contributed by atoms with E-state index in [-0.39, 0.29) is 0 Å². The van der Waals surface area contributed by atoms with Crippen molar-refractivity contribution in [2.45, 2.75) is 18.2 Å². The van der Waals surface area contributed by atoms with Crippen molar-refractivity contribution in [2.24, 2.45) is 0 Å². The van der Waals surface area contributed by atoms with Crippen molar-refractivity contribution in [1.29, 1.82) is 0 Å². The zero-order valence-electron chi connectivity index (χ0n) is 12.1. The maximum absolute atomic E-state index is 9.65. The number of phenolic OH excluding ortho intramolecular Hbond substituents is 1. The van der Waals surface area contributed by atoms with Gasteiger partial charge in [-0.2, -0.15) is 0 Å². The van der Waals surface area contributed by atoms with Crippen LogP contribution in [0.4, 0.5) is 0 Å². The highest BCUT2D eigenvalue weighted by Crippen LogP contribution is 2.27. The summed E-state index contributed by atoms with van der Waals surface area (Å²) >= 11 is 1.58. The number of benzene rings is 2. The zero-order chi connectivity index (χ0) is 14.9. The molecule has 0 unspecified atom stereocenters. The Labute approximate surface area is 129 Å².